The lowest BCUT2D eigenvalue weighted by atomic mass is 9.83. The number of benzene rings is 1. The van der Waals surface area contributed by atoms with Gasteiger partial charge in [-0.3, -0.25) is 78.0 Å². The molecule has 9 atom stereocenters. The SMILES string of the molecule is CCCCOc1ccc(C[C@@H]2NC(=O)[C@H](CC(=O)O)NC(=O)CNC(=O)[C@H](CCCN=C(N)N)NC(=O)[C@@H](Cc3cnc[nH]3)NC(=O)CNC(=O)[C@@H](N)CCCN=C(N)NC(=O)[C@H](N)C3(CCCCC3)SSC[C@@H](C(=O)N[C@@H](CCCN=C(N)N)C(=O)O)NC(=O)[C@H](CCCN=C(N)N)NC2=O)cc1. The Morgan fingerprint density at radius 2 is 1.21 bits per heavy atom. The predicted molar refractivity (Wildman–Crippen MR) is 388 cm³/mol. The quantitative estimate of drug-likeness (QED) is 0.0190. The monoisotopic (exact) mass is 1500 g/mol. The Balaban J connectivity index is 1.83. The molecule has 31 N–H and O–H groups in total. The molecule has 0 radical (unpaired) electrons. The summed E-state index contributed by atoms with van der Waals surface area (Å²) < 4.78 is 4.79. The fourth-order valence-electron chi connectivity index (χ4n) is 10.6. The number of aliphatic carboxylic acids is 2. The van der Waals surface area contributed by atoms with Crippen molar-refractivity contribution in [2.24, 2.45) is 71.6 Å². The largest absolute Gasteiger partial charge is 0.494 e. The predicted octanol–water partition coefficient (Wildman–Crippen LogP) is -6.32. The molecule has 42 heteroatoms. The molecule has 104 heavy (non-hydrogen) atoms. The average molecular weight is 1500 g/mol. The Hall–Kier alpha value is -10.2. The number of hydrogen-bond donors (Lipinski definition) is 22. The Bertz CT molecular complexity index is 3310. The van der Waals surface area contributed by atoms with Gasteiger partial charge in [0.2, 0.25) is 59.1 Å². The van der Waals surface area contributed by atoms with Gasteiger partial charge in [-0.15, -0.1) is 0 Å². The number of imidazole rings is 1. The van der Waals surface area contributed by atoms with Crippen molar-refractivity contribution in [3.8, 4) is 5.75 Å². The van der Waals surface area contributed by atoms with Crippen molar-refractivity contribution in [1.29, 1.82) is 0 Å². The number of nitrogens with zero attached hydrogens (tertiary/aromatic N) is 5. The standard InChI is InChI=1S/C62H101N25O15S2/c1-2-3-25-102-36-17-15-34(16-18-36)26-41-52(95)83-39(13-9-22-74-59(67)68)51(94)86-44(55(98)84-40(57(100)101)14-10-23-75-60(69)70)32-103-104-62(19-5-4-6-20-62)48(64)56(99)87-61(71)76-24-7-11-37(63)49(92)77-30-45(88)80-42(27-35-29-72-33-79-35)53(96)82-38(12-8-21-73-58(65)66)50(93)78-31-46(89)81-43(28-47(90)91)54(97)85-41/h15-18,29,33,37-44,48H,2-14,19-28,30-32,63-64H2,1H3,(H,72,79)(H,77,92)(H,78,93)(H,80,88)(H,81,89)(H,82,96)(H,83,95)(H,84,98)(H,85,97)(H,86,94)(H,90,91)(H,100,101)(H4,65,66,73)(H4,67,68,74)(H4,69,70,75)(H3,71,76,87,99)/t37-,38-,39-,40-,41-,42+,43-,44-,48-/m0/s1. The molecule has 0 saturated heterocycles. The van der Waals surface area contributed by atoms with Gasteiger partial charge in [0.15, 0.2) is 23.8 Å². The molecule has 4 rings (SSSR count). The fraction of sp³-hybridized carbons (Fsp3) is 0.597. The Labute approximate surface area is 608 Å². The highest BCUT2D eigenvalue weighted by atomic mass is 33.1. The fourth-order valence-corrected chi connectivity index (χ4v) is 14.0. The van der Waals surface area contributed by atoms with E-state index in [1.165, 1.54) is 12.5 Å². The van der Waals surface area contributed by atoms with Crippen LogP contribution >= 0.6 is 21.6 Å². The van der Waals surface area contributed by atoms with Crippen LogP contribution in [0.4, 0.5) is 0 Å². The molecular weight excluding hydrogens is 1400 g/mol. The third-order valence-electron chi connectivity index (χ3n) is 16.2. The molecule has 10 amide bonds. The summed E-state index contributed by atoms with van der Waals surface area (Å²) in [6.07, 6.45) is 5.14. The van der Waals surface area contributed by atoms with Gasteiger partial charge in [0.05, 0.1) is 43.2 Å². The van der Waals surface area contributed by atoms with E-state index < -0.39 is 150 Å². The highest BCUT2D eigenvalue weighted by Gasteiger charge is 2.44. The Morgan fingerprint density at radius 1 is 0.663 bits per heavy atom. The van der Waals surface area contributed by atoms with Crippen LogP contribution in [0.25, 0.3) is 0 Å². The molecule has 1 aromatic heterocycles. The Morgan fingerprint density at radius 3 is 1.78 bits per heavy atom. The molecule has 0 bridgehead atoms. The molecule has 1 saturated carbocycles. The first-order valence-electron chi connectivity index (χ1n) is 33.9. The molecule has 1 aromatic carbocycles. The first kappa shape index (κ1) is 86.2. The average Bonchev–Trinajstić information content (AvgIpc) is 0.904. The van der Waals surface area contributed by atoms with Crippen molar-refractivity contribution in [3.05, 3.63) is 48.0 Å². The smallest absolute Gasteiger partial charge is 0.326 e. The second-order valence-electron chi connectivity index (χ2n) is 24.6. The number of carboxylic acid groups (broad SMARTS) is 2. The molecule has 1 spiro atoms. The topological polar surface area (TPSA) is 687 Å². The summed E-state index contributed by atoms with van der Waals surface area (Å²) in [7, 11) is 2.19. The second kappa shape index (κ2) is 45.7. The maximum absolute atomic E-state index is 15.0. The van der Waals surface area contributed by atoms with Crippen LogP contribution in [0.3, 0.4) is 0 Å². The van der Waals surface area contributed by atoms with Gasteiger partial charge in [-0.2, -0.15) is 0 Å². The zero-order chi connectivity index (χ0) is 76.7. The molecule has 2 aliphatic rings. The molecule has 2 heterocycles. The van der Waals surface area contributed by atoms with Crippen molar-refractivity contribution < 1.29 is 72.5 Å². The molecule has 576 valence electrons. The van der Waals surface area contributed by atoms with E-state index in [2.05, 4.69) is 83.1 Å². The number of aromatic amines is 1. The number of amides is 10. The summed E-state index contributed by atoms with van der Waals surface area (Å²) in [5, 5.41) is 45.3. The first-order chi connectivity index (χ1) is 49.5. The number of guanidine groups is 4. The van der Waals surface area contributed by atoms with Gasteiger partial charge in [0, 0.05) is 56.7 Å². The normalized spacial score (nSPS) is 22.5. The van der Waals surface area contributed by atoms with Crippen molar-refractivity contribution >= 4 is 116 Å². The third-order valence-corrected chi connectivity index (χ3v) is 19.5. The number of aromatic nitrogens is 2. The van der Waals surface area contributed by atoms with Crippen LogP contribution in [0.5, 0.6) is 5.75 Å². The van der Waals surface area contributed by atoms with Crippen LogP contribution in [-0.4, -0.2) is 226 Å². The van der Waals surface area contributed by atoms with E-state index in [4.69, 9.17) is 56.3 Å². The number of rotatable bonds is 25. The minimum atomic E-state index is -1.97. The maximum atomic E-state index is 15.0. The van der Waals surface area contributed by atoms with Crippen molar-refractivity contribution in [2.45, 2.75) is 182 Å². The summed E-state index contributed by atoms with van der Waals surface area (Å²) in [5.74, 6) is -13.8. The number of aliphatic imine (C=N–C) groups is 4. The van der Waals surface area contributed by atoms with Gasteiger partial charge in [-0.1, -0.05) is 66.3 Å². The van der Waals surface area contributed by atoms with E-state index in [1.807, 2.05) is 6.92 Å². The minimum absolute atomic E-state index is 0.000113. The second-order valence-corrected chi connectivity index (χ2v) is 27.3. The summed E-state index contributed by atoms with van der Waals surface area (Å²) in [5.41, 5.74) is 53.1. The van der Waals surface area contributed by atoms with E-state index in [0.717, 1.165) is 40.9 Å². The molecule has 1 fully saturated rings. The van der Waals surface area contributed by atoms with E-state index >= 15 is 0 Å². The summed E-state index contributed by atoms with van der Waals surface area (Å²) in [6, 6.07) is -7.41. The van der Waals surface area contributed by atoms with Gasteiger partial charge >= 0.3 is 11.9 Å². The number of carbonyl (C=O) groups is 12. The van der Waals surface area contributed by atoms with Crippen molar-refractivity contribution in [2.75, 3.05) is 51.6 Å². The van der Waals surface area contributed by atoms with Gasteiger partial charge in [-0.05, 0) is 88.3 Å². The zero-order valence-corrected chi connectivity index (χ0v) is 59.6. The van der Waals surface area contributed by atoms with Gasteiger partial charge in [-0.25, -0.2) is 9.78 Å². The summed E-state index contributed by atoms with van der Waals surface area (Å²) in [4.78, 5) is 190. The minimum Gasteiger partial charge on any atom is -0.494 e. The number of H-pyrrole nitrogens is 1. The molecule has 40 nitrogen and oxygen atoms in total. The van der Waals surface area contributed by atoms with E-state index in [-0.39, 0.29) is 120 Å². The lowest BCUT2D eigenvalue weighted by molar-refractivity contribution is -0.142. The van der Waals surface area contributed by atoms with E-state index in [1.54, 1.807) is 24.3 Å². The highest BCUT2D eigenvalue weighted by Crippen LogP contribution is 2.48. The van der Waals surface area contributed by atoms with Crippen LogP contribution < -0.4 is 110 Å². The lowest BCUT2D eigenvalue weighted by Crippen LogP contribution is -2.60. The van der Waals surface area contributed by atoms with Gasteiger partial charge in [0.1, 0.15) is 54.1 Å². The number of unbranched alkanes of at least 4 members (excludes halogenated alkanes) is 1. The van der Waals surface area contributed by atoms with Gasteiger partial charge in [0.25, 0.3) is 0 Å². The Kier molecular flexibility index (Phi) is 37.9. The molecular formula is C62H101N25O15S2. The maximum Gasteiger partial charge on any atom is 0.326 e. The van der Waals surface area contributed by atoms with Crippen molar-refractivity contribution in [1.82, 2.24) is 63.1 Å². The zero-order valence-electron chi connectivity index (χ0n) is 58.0. The number of carboxylic acids is 2. The third kappa shape index (κ3) is 32.4. The van der Waals surface area contributed by atoms with Crippen LogP contribution in [0.2, 0.25) is 0 Å². The lowest BCUT2D eigenvalue weighted by Gasteiger charge is -2.40. The van der Waals surface area contributed by atoms with Crippen LogP contribution in [0.15, 0.2) is 56.8 Å². The number of ether oxygens (including phenoxy) is 1. The molecule has 2 aromatic rings. The van der Waals surface area contributed by atoms with Crippen LogP contribution in [0, 0.1) is 0 Å². The number of nitrogens with two attached hydrogens (primary N) is 9. The van der Waals surface area contributed by atoms with Gasteiger partial charge < -0.3 is 119 Å². The number of carbonyl (C=O) groups excluding carboxylic acids is 10. The molecule has 0 unspecified atom stereocenters. The first-order valence-corrected chi connectivity index (χ1v) is 36.2. The van der Waals surface area contributed by atoms with Crippen LogP contribution in [-0.2, 0) is 70.4 Å². The van der Waals surface area contributed by atoms with Crippen LogP contribution in [0.1, 0.15) is 121 Å². The summed E-state index contributed by atoms with van der Waals surface area (Å²) >= 11 is 0. The number of nitrogens with one attached hydrogen (secondary N) is 11. The van der Waals surface area contributed by atoms with Crippen molar-refractivity contribution in [3.63, 3.8) is 0 Å². The van der Waals surface area contributed by atoms with E-state index in [9.17, 15) is 67.7 Å². The molecule has 1 aliphatic carbocycles. The van der Waals surface area contributed by atoms with E-state index in [0.29, 0.717) is 49.3 Å². The number of hydrogen-bond acceptors (Lipinski definition) is 23. The summed E-state index contributed by atoms with van der Waals surface area (Å²) in [6.45, 7) is 0.593. The molecule has 1 aliphatic heterocycles. The highest BCUT2D eigenvalue weighted by molar-refractivity contribution is 8.77.